The number of pyridine rings is 1. The number of nitrogens with zero attached hydrogens (tertiary/aromatic N) is 2. The third-order valence-corrected chi connectivity index (χ3v) is 11.9. The summed E-state index contributed by atoms with van der Waals surface area (Å²) in [6.45, 7) is 10.3. The molecule has 1 aromatic rings. The highest BCUT2D eigenvalue weighted by Crippen LogP contribution is 2.23. The van der Waals surface area contributed by atoms with E-state index in [-0.39, 0.29) is 49.0 Å². The van der Waals surface area contributed by atoms with Crippen molar-refractivity contribution in [3.05, 3.63) is 29.6 Å². The summed E-state index contributed by atoms with van der Waals surface area (Å²) < 4.78 is 5.53. The van der Waals surface area contributed by atoms with Crippen LogP contribution in [0.4, 0.5) is 0 Å². The van der Waals surface area contributed by atoms with Gasteiger partial charge in [0.25, 0.3) is 0 Å². The van der Waals surface area contributed by atoms with Gasteiger partial charge in [0, 0.05) is 81.0 Å². The van der Waals surface area contributed by atoms with Gasteiger partial charge in [0.2, 0.25) is 29.5 Å². The van der Waals surface area contributed by atoms with Crippen LogP contribution in [0.25, 0.3) is 0 Å². The molecule has 3 rings (SSSR count). The van der Waals surface area contributed by atoms with E-state index in [1.54, 1.807) is 23.5 Å². The van der Waals surface area contributed by atoms with Gasteiger partial charge in [0.15, 0.2) is 0 Å². The average molecular weight is 792 g/mol. The number of piperidine rings is 1. The highest BCUT2D eigenvalue weighted by Gasteiger charge is 2.43. The number of rotatable bonds is 23. The molecular weight excluding hydrogens is 731 g/mol. The van der Waals surface area contributed by atoms with E-state index in [0.717, 1.165) is 43.6 Å². The third kappa shape index (κ3) is 15.5. The van der Waals surface area contributed by atoms with Gasteiger partial charge >= 0.3 is 0 Å². The molecular formula is C38H61N7O7S2. The fourth-order valence-corrected chi connectivity index (χ4v) is 8.17. The number of aldehydes is 1. The molecule has 0 aliphatic carbocycles. The first kappa shape index (κ1) is 45.2. The van der Waals surface area contributed by atoms with Gasteiger partial charge in [0.1, 0.15) is 23.9 Å². The maximum Gasteiger partial charge on any atom is 0.246 e. The topological polar surface area (TPSA) is 202 Å². The van der Waals surface area contributed by atoms with Crippen molar-refractivity contribution in [1.29, 1.82) is 0 Å². The van der Waals surface area contributed by atoms with Crippen LogP contribution in [0, 0.1) is 11.8 Å². The smallest absolute Gasteiger partial charge is 0.246 e. The predicted octanol–water partition coefficient (Wildman–Crippen LogP) is 2.32. The number of nitrogens with two attached hydrogens (primary N) is 1. The lowest BCUT2D eigenvalue weighted by Crippen LogP contribution is -2.64. The zero-order valence-corrected chi connectivity index (χ0v) is 34.0. The number of likely N-dealkylation sites (tertiary alicyclic amines) is 1. The molecule has 2 aliphatic rings. The summed E-state index contributed by atoms with van der Waals surface area (Å²) in [5.74, 6) is 0.649. The Balaban J connectivity index is 1.44. The normalized spacial score (nSPS) is 17.9. The summed E-state index contributed by atoms with van der Waals surface area (Å²) in [5, 5.41) is 11.7. The number of amides is 5. The second-order valence-corrected chi connectivity index (χ2v) is 16.9. The molecule has 0 aromatic carbocycles. The maximum absolute atomic E-state index is 13.8. The van der Waals surface area contributed by atoms with Gasteiger partial charge in [0.05, 0.1) is 17.9 Å². The van der Waals surface area contributed by atoms with Crippen molar-refractivity contribution >= 4 is 59.3 Å². The van der Waals surface area contributed by atoms with Gasteiger partial charge in [-0.1, -0.05) is 40.2 Å². The summed E-state index contributed by atoms with van der Waals surface area (Å²) in [5.41, 5.74) is 6.19. The molecule has 0 spiro atoms. The number of aromatic nitrogens is 1. The van der Waals surface area contributed by atoms with Crippen LogP contribution in [0.1, 0.15) is 90.4 Å². The lowest BCUT2D eigenvalue weighted by atomic mass is 9.87. The summed E-state index contributed by atoms with van der Waals surface area (Å²) in [7, 11) is 0. The van der Waals surface area contributed by atoms with Gasteiger partial charge in [-0.2, -0.15) is 23.5 Å². The van der Waals surface area contributed by atoms with Crippen molar-refractivity contribution in [1.82, 2.24) is 31.2 Å². The second kappa shape index (κ2) is 23.7. The largest absolute Gasteiger partial charge is 0.381 e. The van der Waals surface area contributed by atoms with Crippen LogP contribution >= 0.6 is 23.5 Å². The Labute approximate surface area is 328 Å². The maximum atomic E-state index is 13.8. The van der Waals surface area contributed by atoms with Gasteiger partial charge in [-0.3, -0.25) is 33.9 Å². The Kier molecular flexibility index (Phi) is 19.8. The Morgan fingerprint density at radius 3 is 2.15 bits per heavy atom. The summed E-state index contributed by atoms with van der Waals surface area (Å²) in [4.78, 5) is 82.5. The second-order valence-electron chi connectivity index (χ2n) is 14.7. The van der Waals surface area contributed by atoms with Crippen molar-refractivity contribution in [2.75, 3.05) is 44.4 Å². The predicted molar refractivity (Wildman–Crippen MR) is 212 cm³/mol. The third-order valence-electron chi connectivity index (χ3n) is 9.90. The SMILES string of the molecule is CC[C@H](C)[C@H](NC(=O)[C@H](CC(C)C)NC(=O)C1(NC(=O)CCSCc2cccc(CSCCC(=O)NC3CCN(CC=O)CC3)n2)CCOCC1)C(N)=O. The molecule has 54 heavy (non-hydrogen) atoms. The van der Waals surface area contributed by atoms with Crippen LogP contribution in [0.15, 0.2) is 18.2 Å². The van der Waals surface area contributed by atoms with Crippen LogP contribution in [0.3, 0.4) is 0 Å². The van der Waals surface area contributed by atoms with Crippen LogP contribution in [-0.4, -0.2) is 114 Å². The van der Waals surface area contributed by atoms with E-state index in [4.69, 9.17) is 15.5 Å². The first-order valence-electron chi connectivity index (χ1n) is 19.2. The Bertz CT molecular complexity index is 1390. The van der Waals surface area contributed by atoms with Crippen LogP contribution in [-0.2, 0) is 45.0 Å². The van der Waals surface area contributed by atoms with Crippen LogP contribution < -0.4 is 27.0 Å². The van der Waals surface area contributed by atoms with E-state index in [1.807, 2.05) is 45.9 Å². The average Bonchev–Trinajstić information content (AvgIpc) is 3.14. The standard InChI is InChI=1S/C38H61N7O7S2/c1-5-27(4)34(35(39)49)43-36(50)31(23-26(2)3)42-37(51)38(13-19-52-20-14-38)44-33(48)12-22-54-25-30-8-6-7-29(40-30)24-53-21-11-32(47)41-28-9-15-45(16-10-28)17-18-46/h6-8,18,26-28,31,34H,5,9-17,19-25H2,1-4H3,(H2,39,49)(H,41,47)(H,42,51)(H,43,50)(H,44,48)/t27-,31-,34-/m0/s1. The lowest BCUT2D eigenvalue weighted by molar-refractivity contribution is -0.140. The minimum absolute atomic E-state index is 0.0526. The quantitative estimate of drug-likeness (QED) is 0.0805. The Morgan fingerprint density at radius 2 is 1.59 bits per heavy atom. The summed E-state index contributed by atoms with van der Waals surface area (Å²) >= 11 is 3.24. The fraction of sp³-hybridized carbons (Fsp3) is 0.711. The van der Waals surface area contributed by atoms with Crippen LogP contribution in [0.2, 0.25) is 0 Å². The number of carbonyl (C=O) groups is 6. The van der Waals surface area contributed by atoms with Crippen LogP contribution in [0.5, 0.6) is 0 Å². The van der Waals surface area contributed by atoms with Crippen molar-refractivity contribution in [3.8, 4) is 0 Å². The van der Waals surface area contributed by atoms with E-state index in [2.05, 4.69) is 26.2 Å². The minimum atomic E-state index is -1.22. The Hall–Kier alpha value is -3.21. The molecule has 14 nitrogen and oxygen atoms in total. The van der Waals surface area contributed by atoms with E-state index in [9.17, 15) is 28.8 Å². The Morgan fingerprint density at radius 1 is 0.981 bits per heavy atom. The highest BCUT2D eigenvalue weighted by atomic mass is 32.2. The molecule has 302 valence electrons. The zero-order valence-electron chi connectivity index (χ0n) is 32.4. The van der Waals surface area contributed by atoms with Crippen molar-refractivity contribution in [2.24, 2.45) is 17.6 Å². The first-order chi connectivity index (χ1) is 25.8. The van der Waals surface area contributed by atoms with Crippen molar-refractivity contribution in [3.63, 3.8) is 0 Å². The zero-order chi connectivity index (χ0) is 39.5. The molecule has 5 amide bonds. The van der Waals surface area contributed by atoms with E-state index in [0.29, 0.717) is 62.0 Å². The van der Waals surface area contributed by atoms with Gasteiger partial charge in [-0.25, -0.2) is 0 Å². The molecule has 1 aromatic heterocycles. The van der Waals surface area contributed by atoms with E-state index >= 15 is 0 Å². The van der Waals surface area contributed by atoms with Gasteiger partial charge in [-0.15, -0.1) is 0 Å². The molecule has 3 atom stereocenters. The highest BCUT2D eigenvalue weighted by molar-refractivity contribution is 7.98. The number of ether oxygens (including phenoxy) is 1. The van der Waals surface area contributed by atoms with Crippen molar-refractivity contribution in [2.45, 2.75) is 114 Å². The monoisotopic (exact) mass is 791 g/mol. The lowest BCUT2D eigenvalue weighted by Gasteiger charge is -2.38. The fourth-order valence-electron chi connectivity index (χ4n) is 6.48. The first-order valence-corrected chi connectivity index (χ1v) is 21.5. The number of thioether (sulfide) groups is 2. The van der Waals surface area contributed by atoms with E-state index in [1.165, 1.54) is 0 Å². The number of hydrogen-bond acceptors (Lipinski definition) is 11. The molecule has 0 saturated carbocycles. The molecule has 3 heterocycles. The molecule has 0 bridgehead atoms. The molecule has 2 saturated heterocycles. The van der Waals surface area contributed by atoms with Gasteiger partial charge < -0.3 is 36.5 Å². The summed E-state index contributed by atoms with van der Waals surface area (Å²) in [6, 6.07) is 4.29. The number of primary amides is 1. The minimum Gasteiger partial charge on any atom is -0.381 e. The molecule has 0 unspecified atom stereocenters. The van der Waals surface area contributed by atoms with Gasteiger partial charge in [-0.05, 0) is 43.2 Å². The number of carbonyl (C=O) groups excluding carboxylic acids is 6. The molecule has 2 aliphatic heterocycles. The molecule has 6 N–H and O–H groups in total. The summed E-state index contributed by atoms with van der Waals surface area (Å²) in [6.07, 6.45) is 4.81. The molecule has 16 heteroatoms. The van der Waals surface area contributed by atoms with Crippen molar-refractivity contribution < 1.29 is 33.5 Å². The number of nitrogens with one attached hydrogen (secondary N) is 4. The van der Waals surface area contributed by atoms with E-state index < -0.39 is 35.3 Å². The number of hydrogen-bond donors (Lipinski definition) is 5. The molecule has 2 fully saturated rings. The molecule has 0 radical (unpaired) electrons.